The number of carbonyl (C=O) groups is 1. The lowest BCUT2D eigenvalue weighted by atomic mass is 10.1. The second kappa shape index (κ2) is 9.88. The minimum atomic E-state index is -0.0234. The van der Waals surface area contributed by atoms with Crippen LogP contribution in [0.5, 0.6) is 11.5 Å². The molecule has 3 aromatic carbocycles. The predicted molar refractivity (Wildman–Crippen MR) is 131 cm³/mol. The van der Waals surface area contributed by atoms with Gasteiger partial charge in [-0.2, -0.15) is 0 Å². The molecule has 162 valence electrons. The Morgan fingerprint density at radius 2 is 1.75 bits per heavy atom. The molecule has 1 heterocycles. The van der Waals surface area contributed by atoms with Crippen molar-refractivity contribution in [3.05, 3.63) is 106 Å². The summed E-state index contributed by atoms with van der Waals surface area (Å²) in [6.45, 7) is 3.03. The van der Waals surface area contributed by atoms with Crippen LogP contribution in [0.1, 0.15) is 23.6 Å². The van der Waals surface area contributed by atoms with Crippen molar-refractivity contribution >= 4 is 33.6 Å². The number of rotatable bonds is 7. The third-order valence-electron chi connectivity index (χ3n) is 5.22. The summed E-state index contributed by atoms with van der Waals surface area (Å²) in [7, 11) is 1.64. The molecular formula is C27H24BrNO3. The number of nitrogens with zero attached hydrogens (tertiary/aromatic N) is 1. The highest BCUT2D eigenvalue weighted by Gasteiger charge is 2.29. The monoisotopic (exact) mass is 489 g/mol. The minimum Gasteiger partial charge on any atom is -0.497 e. The number of carbonyl (C=O) groups excluding carboxylic acids is 1. The lowest BCUT2D eigenvalue weighted by molar-refractivity contribution is -0.123. The average molecular weight is 490 g/mol. The second-order valence-corrected chi connectivity index (χ2v) is 8.21. The molecule has 0 bridgehead atoms. The van der Waals surface area contributed by atoms with Gasteiger partial charge < -0.3 is 14.4 Å². The van der Waals surface area contributed by atoms with Crippen LogP contribution in [0, 0.1) is 0 Å². The van der Waals surface area contributed by atoms with Crippen LogP contribution in [0.15, 0.2) is 88.9 Å². The van der Waals surface area contributed by atoms with Gasteiger partial charge in [-0.1, -0.05) is 48.5 Å². The minimum absolute atomic E-state index is 0.0234. The summed E-state index contributed by atoms with van der Waals surface area (Å²) in [4.78, 5) is 15.2. The molecule has 0 saturated carbocycles. The molecule has 4 nitrogen and oxygen atoms in total. The normalized spacial score (nSPS) is 14.6. The molecule has 1 amide bonds. The van der Waals surface area contributed by atoms with Crippen molar-refractivity contribution < 1.29 is 14.3 Å². The zero-order chi connectivity index (χ0) is 22.5. The van der Waals surface area contributed by atoms with Crippen molar-refractivity contribution in [3.63, 3.8) is 0 Å². The number of amides is 1. The number of hydrogen-bond acceptors (Lipinski definition) is 3. The van der Waals surface area contributed by atoms with Gasteiger partial charge in [0.1, 0.15) is 11.5 Å². The molecule has 5 heteroatoms. The van der Waals surface area contributed by atoms with Gasteiger partial charge in [-0.15, -0.1) is 0 Å². The standard InChI is InChI=1S/C27H24BrNO3/c1-3-32-26-14-11-20(16-24(26)28)15-22-17-25(21-7-5-4-6-8-21)29(27(22)30)18-19-9-12-23(31-2)13-10-19/h4-17H,3,18H2,1-2H3/b22-15+. The second-order valence-electron chi connectivity index (χ2n) is 7.36. The van der Waals surface area contributed by atoms with Crippen LogP contribution in [-0.4, -0.2) is 24.5 Å². The molecule has 0 aromatic heterocycles. The molecule has 0 fully saturated rings. The maximum absolute atomic E-state index is 13.4. The summed E-state index contributed by atoms with van der Waals surface area (Å²) in [5.74, 6) is 1.56. The smallest absolute Gasteiger partial charge is 0.258 e. The highest BCUT2D eigenvalue weighted by molar-refractivity contribution is 9.10. The van der Waals surface area contributed by atoms with Gasteiger partial charge in [0.2, 0.25) is 0 Å². The van der Waals surface area contributed by atoms with E-state index >= 15 is 0 Å². The van der Waals surface area contributed by atoms with Crippen LogP contribution in [0.25, 0.3) is 11.8 Å². The Morgan fingerprint density at radius 1 is 1.00 bits per heavy atom. The van der Waals surface area contributed by atoms with E-state index in [0.29, 0.717) is 18.7 Å². The molecule has 0 radical (unpaired) electrons. The van der Waals surface area contributed by atoms with Crippen molar-refractivity contribution in [1.29, 1.82) is 0 Å². The van der Waals surface area contributed by atoms with E-state index in [1.807, 2.05) is 96.8 Å². The van der Waals surface area contributed by atoms with E-state index in [2.05, 4.69) is 15.9 Å². The lowest BCUT2D eigenvalue weighted by Crippen LogP contribution is -2.25. The highest BCUT2D eigenvalue weighted by atomic mass is 79.9. The topological polar surface area (TPSA) is 38.8 Å². The lowest BCUT2D eigenvalue weighted by Gasteiger charge is -2.21. The van der Waals surface area contributed by atoms with E-state index in [9.17, 15) is 4.79 Å². The van der Waals surface area contributed by atoms with Crippen LogP contribution in [-0.2, 0) is 11.3 Å². The van der Waals surface area contributed by atoms with Crippen LogP contribution >= 0.6 is 15.9 Å². The number of hydrogen-bond donors (Lipinski definition) is 0. The van der Waals surface area contributed by atoms with Gasteiger partial charge >= 0.3 is 0 Å². The Bertz CT molecular complexity index is 1170. The maximum Gasteiger partial charge on any atom is 0.258 e. The summed E-state index contributed by atoms with van der Waals surface area (Å²) in [6, 6.07) is 23.6. The van der Waals surface area contributed by atoms with Gasteiger partial charge in [-0.25, -0.2) is 0 Å². The summed E-state index contributed by atoms with van der Waals surface area (Å²) in [6.07, 6.45) is 3.88. The zero-order valence-electron chi connectivity index (χ0n) is 18.0. The third-order valence-corrected chi connectivity index (χ3v) is 5.84. The van der Waals surface area contributed by atoms with E-state index in [-0.39, 0.29) is 5.91 Å². The van der Waals surface area contributed by atoms with Crippen molar-refractivity contribution in [2.24, 2.45) is 0 Å². The zero-order valence-corrected chi connectivity index (χ0v) is 19.6. The predicted octanol–water partition coefficient (Wildman–Crippen LogP) is 6.32. The first kappa shape index (κ1) is 21.9. The molecule has 4 rings (SSSR count). The maximum atomic E-state index is 13.4. The van der Waals surface area contributed by atoms with Crippen molar-refractivity contribution in [1.82, 2.24) is 4.90 Å². The first-order valence-corrected chi connectivity index (χ1v) is 11.2. The van der Waals surface area contributed by atoms with Gasteiger partial charge in [-0.3, -0.25) is 4.79 Å². The molecule has 0 saturated heterocycles. The van der Waals surface area contributed by atoms with Crippen LogP contribution < -0.4 is 9.47 Å². The van der Waals surface area contributed by atoms with Crippen molar-refractivity contribution in [3.8, 4) is 11.5 Å². The first-order chi connectivity index (χ1) is 15.6. The Kier molecular flexibility index (Phi) is 6.76. The molecule has 0 unspecified atom stereocenters. The molecule has 3 aromatic rings. The number of methoxy groups -OCH3 is 1. The molecule has 1 aliphatic heterocycles. The Balaban J connectivity index is 1.68. The van der Waals surface area contributed by atoms with E-state index in [1.165, 1.54) is 0 Å². The highest BCUT2D eigenvalue weighted by Crippen LogP contribution is 2.33. The van der Waals surface area contributed by atoms with Crippen LogP contribution in [0.3, 0.4) is 0 Å². The van der Waals surface area contributed by atoms with Gasteiger partial charge in [0.25, 0.3) is 5.91 Å². The van der Waals surface area contributed by atoms with Gasteiger partial charge in [0.15, 0.2) is 0 Å². The Morgan fingerprint density at radius 3 is 2.41 bits per heavy atom. The molecule has 1 aliphatic rings. The molecule has 0 atom stereocenters. The molecule has 0 N–H and O–H groups in total. The van der Waals surface area contributed by atoms with E-state index < -0.39 is 0 Å². The number of ether oxygens (including phenoxy) is 2. The Labute approximate surface area is 196 Å². The summed E-state index contributed by atoms with van der Waals surface area (Å²) < 4.78 is 11.7. The van der Waals surface area contributed by atoms with E-state index in [4.69, 9.17) is 9.47 Å². The first-order valence-electron chi connectivity index (χ1n) is 10.4. The fourth-order valence-electron chi connectivity index (χ4n) is 3.63. The Hall–Kier alpha value is -3.31. The summed E-state index contributed by atoms with van der Waals surface area (Å²) in [5.41, 5.74) is 4.51. The van der Waals surface area contributed by atoms with Gasteiger partial charge in [0.05, 0.1) is 30.4 Å². The third kappa shape index (κ3) is 4.78. The molecule has 0 aliphatic carbocycles. The molecule has 0 spiro atoms. The summed E-state index contributed by atoms with van der Waals surface area (Å²) >= 11 is 3.55. The van der Waals surface area contributed by atoms with Crippen LogP contribution in [0.2, 0.25) is 0 Å². The van der Waals surface area contributed by atoms with Gasteiger partial charge in [0, 0.05) is 5.57 Å². The average Bonchev–Trinajstić information content (AvgIpc) is 3.12. The van der Waals surface area contributed by atoms with Gasteiger partial charge in [-0.05, 0) is 76.0 Å². The number of halogens is 1. The number of benzene rings is 3. The largest absolute Gasteiger partial charge is 0.497 e. The fraction of sp³-hybridized carbons (Fsp3) is 0.148. The van der Waals surface area contributed by atoms with E-state index in [0.717, 1.165) is 38.4 Å². The molecule has 32 heavy (non-hydrogen) atoms. The fourth-order valence-corrected chi connectivity index (χ4v) is 4.14. The van der Waals surface area contributed by atoms with Crippen LogP contribution in [0.4, 0.5) is 0 Å². The quantitative estimate of drug-likeness (QED) is 0.364. The summed E-state index contributed by atoms with van der Waals surface area (Å²) in [5, 5.41) is 0. The van der Waals surface area contributed by atoms with E-state index in [1.54, 1.807) is 7.11 Å². The SMILES string of the molecule is CCOc1ccc(/C=C2\C=C(c3ccccc3)N(Cc3ccc(OC)cc3)C2=O)cc1Br. The van der Waals surface area contributed by atoms with Crippen molar-refractivity contribution in [2.45, 2.75) is 13.5 Å². The van der Waals surface area contributed by atoms with Crippen molar-refractivity contribution in [2.75, 3.05) is 13.7 Å². The molecular weight excluding hydrogens is 466 g/mol.